The van der Waals surface area contributed by atoms with Crippen LogP contribution in [0.25, 0.3) is 0 Å². The fourth-order valence-corrected chi connectivity index (χ4v) is 1.81. The average Bonchev–Trinajstić information content (AvgIpc) is 2.36. The maximum Gasteiger partial charge on any atom is 0.314 e. The number of urea groups is 1. The summed E-state index contributed by atoms with van der Waals surface area (Å²) in [5.41, 5.74) is 0. The minimum atomic E-state index is -0.0547. The van der Waals surface area contributed by atoms with E-state index in [0.717, 1.165) is 12.3 Å². The largest absolute Gasteiger partial charge is 0.341 e. The summed E-state index contributed by atoms with van der Waals surface area (Å²) in [5, 5.41) is 5.54. The van der Waals surface area contributed by atoms with Crippen LogP contribution in [-0.2, 0) is 0 Å². The number of nitrogens with one attached hydrogen (secondary N) is 2. The van der Waals surface area contributed by atoms with E-state index in [2.05, 4.69) is 24.5 Å². The van der Waals surface area contributed by atoms with Crippen molar-refractivity contribution < 1.29 is 4.79 Å². The fraction of sp³-hybridized carbons (Fsp3) is 0.889. The summed E-state index contributed by atoms with van der Waals surface area (Å²) in [5.74, 6) is 1.36. The molecule has 12 heavy (non-hydrogen) atoms. The molecule has 70 valence electrons. The molecule has 1 saturated carbocycles. The Hall–Kier alpha value is -0.730. The Morgan fingerprint density at radius 1 is 1.33 bits per heavy atom. The van der Waals surface area contributed by atoms with Gasteiger partial charge in [-0.1, -0.05) is 13.8 Å². The van der Waals surface area contributed by atoms with Crippen LogP contribution in [0.2, 0.25) is 0 Å². The predicted octanol–water partition coefficient (Wildman–Crippen LogP) is 1.35. The molecule has 0 heterocycles. The van der Waals surface area contributed by atoms with E-state index in [1.807, 2.05) is 0 Å². The van der Waals surface area contributed by atoms with Gasteiger partial charge in [0.1, 0.15) is 0 Å². The van der Waals surface area contributed by atoms with Gasteiger partial charge in [-0.2, -0.15) is 0 Å². The Labute approximate surface area is 73.9 Å². The molecule has 3 unspecified atom stereocenters. The van der Waals surface area contributed by atoms with Crippen LogP contribution in [0.5, 0.6) is 0 Å². The summed E-state index contributed by atoms with van der Waals surface area (Å²) in [6.45, 7) is 4.45. The molecule has 0 radical (unpaired) electrons. The number of amides is 2. The van der Waals surface area contributed by atoms with Gasteiger partial charge in [0.25, 0.3) is 0 Å². The number of hydrogen-bond donors (Lipinski definition) is 2. The smallest absolute Gasteiger partial charge is 0.314 e. The third kappa shape index (κ3) is 1.90. The van der Waals surface area contributed by atoms with Crippen LogP contribution in [0.1, 0.15) is 26.7 Å². The van der Waals surface area contributed by atoms with Crippen molar-refractivity contribution in [3.8, 4) is 0 Å². The van der Waals surface area contributed by atoms with Gasteiger partial charge in [0.05, 0.1) is 0 Å². The van der Waals surface area contributed by atoms with E-state index in [1.165, 1.54) is 6.42 Å². The molecule has 0 aromatic heterocycles. The molecule has 1 rings (SSSR count). The van der Waals surface area contributed by atoms with Gasteiger partial charge in [0.2, 0.25) is 0 Å². The molecular weight excluding hydrogens is 152 g/mol. The Morgan fingerprint density at radius 2 is 2.00 bits per heavy atom. The van der Waals surface area contributed by atoms with Crippen molar-refractivity contribution in [3.05, 3.63) is 0 Å². The lowest BCUT2D eigenvalue weighted by Crippen LogP contribution is -2.42. The molecule has 1 aliphatic carbocycles. The second-order valence-corrected chi connectivity index (χ2v) is 3.74. The van der Waals surface area contributed by atoms with Gasteiger partial charge >= 0.3 is 6.03 Å². The van der Waals surface area contributed by atoms with Gasteiger partial charge in [0, 0.05) is 13.1 Å². The van der Waals surface area contributed by atoms with Gasteiger partial charge in [-0.05, 0) is 24.7 Å². The summed E-state index contributed by atoms with van der Waals surface area (Å²) < 4.78 is 0. The number of rotatable bonds is 1. The Bertz CT molecular complexity index is 170. The lowest BCUT2D eigenvalue weighted by molar-refractivity contribution is 0.235. The molecular formula is C9H18N2O. The summed E-state index contributed by atoms with van der Waals surface area (Å²) in [4.78, 5) is 11.0. The molecule has 0 aliphatic heterocycles. The zero-order chi connectivity index (χ0) is 9.14. The highest BCUT2D eigenvalue weighted by molar-refractivity contribution is 5.73. The molecule has 2 N–H and O–H groups in total. The lowest BCUT2D eigenvalue weighted by atomic mass is 9.98. The van der Waals surface area contributed by atoms with Gasteiger partial charge < -0.3 is 10.6 Å². The molecule has 0 aromatic rings. The quantitative estimate of drug-likeness (QED) is 0.612. The molecule has 3 atom stereocenters. The second-order valence-electron chi connectivity index (χ2n) is 3.74. The van der Waals surface area contributed by atoms with E-state index < -0.39 is 0 Å². The van der Waals surface area contributed by atoms with Gasteiger partial charge in [0.15, 0.2) is 0 Å². The lowest BCUT2D eigenvalue weighted by Gasteiger charge is -2.19. The third-order valence-corrected chi connectivity index (χ3v) is 3.01. The first kappa shape index (κ1) is 9.36. The molecule has 1 aliphatic rings. The molecule has 3 heteroatoms. The minimum absolute atomic E-state index is 0.0547. The first-order valence-electron chi connectivity index (χ1n) is 4.63. The van der Waals surface area contributed by atoms with Crippen molar-refractivity contribution in [1.82, 2.24) is 10.6 Å². The SMILES string of the molecule is CNC(=O)NC1CCC(C)C1C. The maximum atomic E-state index is 11.0. The second kappa shape index (κ2) is 3.78. The van der Waals surface area contributed by atoms with Crippen LogP contribution >= 0.6 is 0 Å². The van der Waals surface area contributed by atoms with E-state index in [4.69, 9.17) is 0 Å². The first-order chi connectivity index (χ1) is 5.65. The van der Waals surface area contributed by atoms with Crippen molar-refractivity contribution in [2.75, 3.05) is 7.05 Å². The van der Waals surface area contributed by atoms with E-state index in [0.29, 0.717) is 12.0 Å². The van der Waals surface area contributed by atoms with E-state index in [1.54, 1.807) is 7.05 Å². The molecule has 0 bridgehead atoms. The van der Waals surface area contributed by atoms with Crippen LogP contribution in [0.15, 0.2) is 0 Å². The normalized spacial score (nSPS) is 34.8. The highest BCUT2D eigenvalue weighted by Gasteiger charge is 2.30. The molecule has 2 amide bonds. The summed E-state index contributed by atoms with van der Waals surface area (Å²) in [6, 6.07) is 0.320. The highest BCUT2D eigenvalue weighted by Crippen LogP contribution is 2.30. The highest BCUT2D eigenvalue weighted by atomic mass is 16.2. The number of carbonyl (C=O) groups is 1. The summed E-state index contributed by atoms with van der Waals surface area (Å²) in [6.07, 6.45) is 2.35. The average molecular weight is 170 g/mol. The van der Waals surface area contributed by atoms with Crippen molar-refractivity contribution >= 4 is 6.03 Å². The monoisotopic (exact) mass is 170 g/mol. The summed E-state index contributed by atoms with van der Waals surface area (Å²) in [7, 11) is 1.65. The van der Waals surface area contributed by atoms with Crippen LogP contribution in [0, 0.1) is 11.8 Å². The van der Waals surface area contributed by atoms with Gasteiger partial charge in [-0.25, -0.2) is 4.79 Å². The molecule has 1 fully saturated rings. The van der Waals surface area contributed by atoms with Gasteiger partial charge in [-0.3, -0.25) is 0 Å². The first-order valence-corrected chi connectivity index (χ1v) is 4.63. The minimum Gasteiger partial charge on any atom is -0.341 e. The maximum absolute atomic E-state index is 11.0. The van der Waals surface area contributed by atoms with E-state index in [-0.39, 0.29) is 6.03 Å². The van der Waals surface area contributed by atoms with Crippen molar-refractivity contribution in [2.45, 2.75) is 32.7 Å². The number of hydrogen-bond acceptors (Lipinski definition) is 1. The van der Waals surface area contributed by atoms with Crippen molar-refractivity contribution in [3.63, 3.8) is 0 Å². The van der Waals surface area contributed by atoms with E-state index in [9.17, 15) is 4.79 Å². The topological polar surface area (TPSA) is 41.1 Å². The van der Waals surface area contributed by atoms with E-state index >= 15 is 0 Å². The molecule has 3 nitrogen and oxygen atoms in total. The number of carbonyl (C=O) groups excluding carboxylic acids is 1. The third-order valence-electron chi connectivity index (χ3n) is 3.01. The molecule has 0 spiro atoms. The van der Waals surface area contributed by atoms with Crippen LogP contribution < -0.4 is 10.6 Å². The Morgan fingerprint density at radius 3 is 2.42 bits per heavy atom. The Balaban J connectivity index is 2.38. The van der Waals surface area contributed by atoms with Gasteiger partial charge in [-0.15, -0.1) is 0 Å². The standard InChI is InChI=1S/C9H18N2O/c1-6-4-5-8(7(6)2)11-9(12)10-3/h6-8H,4-5H2,1-3H3,(H2,10,11,12). The van der Waals surface area contributed by atoms with Crippen LogP contribution in [0.4, 0.5) is 4.79 Å². The summed E-state index contributed by atoms with van der Waals surface area (Å²) >= 11 is 0. The van der Waals surface area contributed by atoms with Crippen molar-refractivity contribution in [1.29, 1.82) is 0 Å². The molecule has 0 aromatic carbocycles. The van der Waals surface area contributed by atoms with Crippen LogP contribution in [-0.4, -0.2) is 19.1 Å². The zero-order valence-corrected chi connectivity index (χ0v) is 8.05. The predicted molar refractivity (Wildman–Crippen MR) is 48.9 cm³/mol. The molecule has 0 saturated heterocycles. The zero-order valence-electron chi connectivity index (χ0n) is 8.05. The van der Waals surface area contributed by atoms with Crippen LogP contribution in [0.3, 0.4) is 0 Å². The van der Waals surface area contributed by atoms with Crippen molar-refractivity contribution in [2.24, 2.45) is 11.8 Å². The fourth-order valence-electron chi connectivity index (χ4n) is 1.81. The Kier molecular flexibility index (Phi) is 2.95.